The van der Waals surface area contributed by atoms with E-state index in [2.05, 4.69) is 4.90 Å². The van der Waals surface area contributed by atoms with Gasteiger partial charge in [-0.3, -0.25) is 0 Å². The number of halogens is 1. The molecule has 0 radical (unpaired) electrons. The standard InChI is InChI=1S/C23H27ClN4O4S/c1-15-9-22(32-2)20(24)11-19(15)21-13-27-6-5-16(10-23(27)25-21)26-7-8-28(17(12-26)14-29)33(30,31)18-3-4-18/h5-6,9-11,13,17-18,29H,3-4,7-8,12,14H2,1-2H3. The minimum Gasteiger partial charge on any atom is -0.495 e. The topological polar surface area (TPSA) is 87.4 Å². The molecule has 5 rings (SSSR count). The Morgan fingerprint density at radius 1 is 1.24 bits per heavy atom. The van der Waals surface area contributed by atoms with Crippen LogP contribution in [0.4, 0.5) is 5.69 Å². The first kappa shape index (κ1) is 22.5. The SMILES string of the molecule is COc1cc(C)c(-c2cn3ccc(N4CCN(S(=O)(=O)C5CC5)C(CO)C4)cc3n2)cc1Cl. The van der Waals surface area contributed by atoms with Gasteiger partial charge in [0, 0.05) is 49.3 Å². The summed E-state index contributed by atoms with van der Waals surface area (Å²) in [6.45, 7) is 3.18. The average molecular weight is 491 g/mol. The van der Waals surface area contributed by atoms with Crippen molar-refractivity contribution in [3.8, 4) is 17.0 Å². The number of piperazine rings is 1. The Morgan fingerprint density at radius 3 is 2.73 bits per heavy atom. The third-order valence-electron chi connectivity index (χ3n) is 6.50. The van der Waals surface area contributed by atoms with Crippen molar-refractivity contribution in [3.05, 3.63) is 47.2 Å². The fraction of sp³-hybridized carbons (Fsp3) is 0.435. The van der Waals surface area contributed by atoms with Crippen LogP contribution in [0.15, 0.2) is 36.7 Å². The van der Waals surface area contributed by atoms with Gasteiger partial charge in [0.2, 0.25) is 10.0 Å². The number of anilines is 1. The number of aliphatic hydroxyl groups is 1. The van der Waals surface area contributed by atoms with Gasteiger partial charge in [0.1, 0.15) is 11.4 Å². The van der Waals surface area contributed by atoms with Crippen LogP contribution in [0.3, 0.4) is 0 Å². The third kappa shape index (κ3) is 4.07. The molecule has 2 fully saturated rings. The van der Waals surface area contributed by atoms with E-state index in [1.165, 1.54) is 4.31 Å². The van der Waals surface area contributed by atoms with Crippen molar-refractivity contribution in [2.45, 2.75) is 31.1 Å². The molecule has 8 nitrogen and oxygen atoms in total. The van der Waals surface area contributed by atoms with E-state index in [0.717, 1.165) is 41.0 Å². The second kappa shape index (κ2) is 8.47. The zero-order chi connectivity index (χ0) is 23.3. The highest BCUT2D eigenvalue weighted by atomic mass is 35.5. The van der Waals surface area contributed by atoms with Gasteiger partial charge in [-0.05, 0) is 43.5 Å². The van der Waals surface area contributed by atoms with E-state index in [0.29, 0.717) is 30.4 Å². The fourth-order valence-electron chi connectivity index (χ4n) is 4.50. The number of hydrogen-bond acceptors (Lipinski definition) is 6. The Kier molecular flexibility index (Phi) is 5.76. The molecule has 2 aromatic heterocycles. The molecule has 3 aromatic rings. The van der Waals surface area contributed by atoms with Gasteiger partial charge in [-0.1, -0.05) is 11.6 Å². The number of sulfonamides is 1. The van der Waals surface area contributed by atoms with Gasteiger partial charge in [-0.2, -0.15) is 4.31 Å². The molecule has 0 amide bonds. The van der Waals surface area contributed by atoms with Gasteiger partial charge in [0.15, 0.2) is 0 Å². The van der Waals surface area contributed by atoms with Crippen LogP contribution in [0.2, 0.25) is 5.02 Å². The van der Waals surface area contributed by atoms with Crippen molar-refractivity contribution in [3.63, 3.8) is 0 Å². The van der Waals surface area contributed by atoms with Crippen molar-refractivity contribution in [2.24, 2.45) is 0 Å². The molecule has 1 unspecified atom stereocenters. The zero-order valence-corrected chi connectivity index (χ0v) is 20.2. The van der Waals surface area contributed by atoms with Crippen LogP contribution < -0.4 is 9.64 Å². The predicted octanol–water partition coefficient (Wildman–Crippen LogP) is 2.95. The molecule has 1 aliphatic heterocycles. The number of aryl methyl sites for hydroxylation is 1. The monoisotopic (exact) mass is 490 g/mol. The number of imidazole rings is 1. The predicted molar refractivity (Wildman–Crippen MR) is 129 cm³/mol. The summed E-state index contributed by atoms with van der Waals surface area (Å²) >= 11 is 6.34. The molecule has 3 heterocycles. The molecule has 2 aliphatic rings. The highest BCUT2D eigenvalue weighted by Gasteiger charge is 2.44. The van der Waals surface area contributed by atoms with E-state index < -0.39 is 16.1 Å². The maximum absolute atomic E-state index is 12.7. The fourth-order valence-corrected chi connectivity index (χ4v) is 6.74. The van der Waals surface area contributed by atoms with E-state index in [-0.39, 0.29) is 11.9 Å². The van der Waals surface area contributed by atoms with Crippen molar-refractivity contribution < 1.29 is 18.3 Å². The first-order valence-corrected chi connectivity index (χ1v) is 12.9. The number of rotatable bonds is 6. The first-order chi connectivity index (χ1) is 15.8. The van der Waals surface area contributed by atoms with Gasteiger partial charge < -0.3 is 19.1 Å². The smallest absolute Gasteiger partial charge is 0.217 e. The summed E-state index contributed by atoms with van der Waals surface area (Å²) < 4.78 is 34.2. The molecule has 1 saturated heterocycles. The van der Waals surface area contributed by atoms with Crippen molar-refractivity contribution in [2.75, 3.05) is 38.3 Å². The van der Waals surface area contributed by atoms with Gasteiger partial charge >= 0.3 is 0 Å². The van der Waals surface area contributed by atoms with Crippen LogP contribution >= 0.6 is 11.6 Å². The minimum absolute atomic E-state index is 0.199. The molecule has 1 aliphatic carbocycles. The maximum atomic E-state index is 12.7. The largest absolute Gasteiger partial charge is 0.495 e. The average Bonchev–Trinajstić information content (AvgIpc) is 3.59. The van der Waals surface area contributed by atoms with Gasteiger partial charge in [0.25, 0.3) is 0 Å². The normalized spacial score (nSPS) is 19.9. The third-order valence-corrected chi connectivity index (χ3v) is 9.24. The van der Waals surface area contributed by atoms with E-state index in [1.54, 1.807) is 7.11 Å². The molecule has 0 bridgehead atoms. The molecule has 33 heavy (non-hydrogen) atoms. The summed E-state index contributed by atoms with van der Waals surface area (Å²) in [5, 5.41) is 10.2. The second-order valence-corrected chi connectivity index (χ2v) is 11.3. The molecular formula is C23H27ClN4O4S. The summed E-state index contributed by atoms with van der Waals surface area (Å²) in [6, 6.07) is 7.30. The number of aromatic nitrogens is 2. The minimum atomic E-state index is -3.32. The molecule has 1 saturated carbocycles. The van der Waals surface area contributed by atoms with E-state index in [9.17, 15) is 13.5 Å². The zero-order valence-electron chi connectivity index (χ0n) is 18.6. The van der Waals surface area contributed by atoms with Crippen molar-refractivity contribution >= 4 is 33.0 Å². The number of ether oxygens (including phenoxy) is 1. The number of nitrogens with zero attached hydrogens (tertiary/aromatic N) is 4. The van der Waals surface area contributed by atoms with E-state index in [4.69, 9.17) is 21.3 Å². The Labute approximate surface area is 198 Å². The van der Waals surface area contributed by atoms with E-state index in [1.807, 2.05) is 48.0 Å². The lowest BCUT2D eigenvalue weighted by Crippen LogP contribution is -2.57. The summed E-state index contributed by atoms with van der Waals surface area (Å²) in [5.41, 5.74) is 4.49. The number of hydrogen-bond donors (Lipinski definition) is 1. The summed E-state index contributed by atoms with van der Waals surface area (Å²) in [4.78, 5) is 6.92. The highest BCUT2D eigenvalue weighted by molar-refractivity contribution is 7.90. The molecule has 0 spiro atoms. The van der Waals surface area contributed by atoms with Crippen LogP contribution in [0.5, 0.6) is 5.75 Å². The van der Waals surface area contributed by atoms with Crippen LogP contribution in [-0.2, 0) is 10.0 Å². The first-order valence-electron chi connectivity index (χ1n) is 11.0. The van der Waals surface area contributed by atoms with Gasteiger partial charge in [-0.15, -0.1) is 0 Å². The number of methoxy groups -OCH3 is 1. The maximum Gasteiger partial charge on any atom is 0.217 e. The molecule has 1 aromatic carbocycles. The number of pyridine rings is 1. The molecular weight excluding hydrogens is 464 g/mol. The quantitative estimate of drug-likeness (QED) is 0.571. The molecule has 10 heteroatoms. The highest BCUT2D eigenvalue weighted by Crippen LogP contribution is 2.35. The Morgan fingerprint density at radius 2 is 2.03 bits per heavy atom. The Balaban J connectivity index is 1.41. The van der Waals surface area contributed by atoms with Crippen molar-refractivity contribution in [1.82, 2.24) is 13.7 Å². The Hall–Kier alpha value is -2.33. The summed E-state index contributed by atoms with van der Waals surface area (Å²) in [6.07, 6.45) is 5.35. The lowest BCUT2D eigenvalue weighted by molar-refractivity contribution is 0.175. The number of fused-ring (bicyclic) bond motifs is 1. The second-order valence-electron chi connectivity index (χ2n) is 8.72. The summed E-state index contributed by atoms with van der Waals surface area (Å²) in [7, 11) is -1.73. The lowest BCUT2D eigenvalue weighted by atomic mass is 10.1. The van der Waals surface area contributed by atoms with Crippen LogP contribution in [0.1, 0.15) is 18.4 Å². The van der Waals surface area contributed by atoms with Crippen LogP contribution in [0.25, 0.3) is 16.9 Å². The van der Waals surface area contributed by atoms with Crippen LogP contribution in [-0.4, -0.2) is 71.9 Å². The Bertz CT molecular complexity index is 1310. The van der Waals surface area contributed by atoms with Gasteiger partial charge in [0.05, 0.1) is 35.7 Å². The molecule has 176 valence electrons. The van der Waals surface area contributed by atoms with Gasteiger partial charge in [-0.25, -0.2) is 13.4 Å². The van der Waals surface area contributed by atoms with Crippen molar-refractivity contribution in [1.29, 1.82) is 0 Å². The number of benzene rings is 1. The summed E-state index contributed by atoms with van der Waals surface area (Å²) in [5.74, 6) is 0.630. The molecule has 1 N–H and O–H groups in total. The lowest BCUT2D eigenvalue weighted by Gasteiger charge is -2.40. The number of aliphatic hydroxyl groups excluding tert-OH is 1. The molecule has 1 atom stereocenters. The van der Waals surface area contributed by atoms with E-state index >= 15 is 0 Å². The van der Waals surface area contributed by atoms with Crippen LogP contribution in [0, 0.1) is 6.92 Å².